The smallest absolute Gasteiger partial charge is 0.162 e. The van der Waals surface area contributed by atoms with E-state index in [1.807, 2.05) is 0 Å². The third-order valence-electron chi connectivity index (χ3n) is 6.13. The minimum atomic E-state index is -0.690. The van der Waals surface area contributed by atoms with Gasteiger partial charge in [-0.1, -0.05) is 51.5 Å². The Kier molecular flexibility index (Phi) is 5.15. The van der Waals surface area contributed by atoms with Gasteiger partial charge in [0.25, 0.3) is 0 Å². The first-order chi connectivity index (χ1) is 10.7. The predicted molar refractivity (Wildman–Crippen MR) is 86.8 cm³/mol. The first kappa shape index (κ1) is 16.0. The van der Waals surface area contributed by atoms with E-state index in [1.165, 1.54) is 51.0 Å². The van der Waals surface area contributed by atoms with Crippen LogP contribution in [0.5, 0.6) is 0 Å². The van der Waals surface area contributed by atoms with Gasteiger partial charge in [-0.2, -0.15) is 0 Å². The van der Waals surface area contributed by atoms with Gasteiger partial charge in [0.2, 0.25) is 0 Å². The summed E-state index contributed by atoms with van der Waals surface area (Å²) in [6, 6.07) is 3.09. The van der Waals surface area contributed by atoms with Gasteiger partial charge in [-0.25, -0.2) is 8.78 Å². The molecule has 1 unspecified atom stereocenters. The van der Waals surface area contributed by atoms with Crippen LogP contribution in [-0.2, 0) is 12.8 Å². The molecule has 1 atom stereocenters. The van der Waals surface area contributed by atoms with Gasteiger partial charge >= 0.3 is 0 Å². The number of benzene rings is 1. The summed E-state index contributed by atoms with van der Waals surface area (Å²) in [5.41, 5.74) is 1.68. The molecule has 0 nitrogen and oxygen atoms in total. The maximum absolute atomic E-state index is 13.8. The van der Waals surface area contributed by atoms with Gasteiger partial charge in [-0.3, -0.25) is 0 Å². The second kappa shape index (κ2) is 7.10. The Bertz CT molecular complexity index is 501. The van der Waals surface area contributed by atoms with E-state index in [4.69, 9.17) is 0 Å². The molecule has 0 aliphatic heterocycles. The van der Waals surface area contributed by atoms with E-state index in [9.17, 15) is 8.78 Å². The maximum atomic E-state index is 13.8. The summed E-state index contributed by atoms with van der Waals surface area (Å²) in [6.45, 7) is 2.31. The summed E-state index contributed by atoms with van der Waals surface area (Å²) in [6.07, 6.45) is 12.3. The molecule has 0 heterocycles. The van der Waals surface area contributed by atoms with E-state index >= 15 is 0 Å². The fourth-order valence-corrected chi connectivity index (χ4v) is 4.50. The van der Waals surface area contributed by atoms with Crippen molar-refractivity contribution in [2.75, 3.05) is 0 Å². The first-order valence-corrected chi connectivity index (χ1v) is 9.13. The quantitative estimate of drug-likeness (QED) is 0.633. The lowest BCUT2D eigenvalue weighted by atomic mass is 9.75. The Hall–Kier alpha value is -0.920. The molecule has 1 aromatic carbocycles. The molecule has 0 radical (unpaired) electrons. The molecule has 1 aromatic rings. The number of fused-ring (bicyclic) bond motifs is 1. The van der Waals surface area contributed by atoms with Crippen molar-refractivity contribution in [3.63, 3.8) is 0 Å². The molecule has 0 amide bonds. The van der Waals surface area contributed by atoms with Crippen molar-refractivity contribution in [3.05, 3.63) is 34.9 Å². The van der Waals surface area contributed by atoms with Crippen molar-refractivity contribution in [2.24, 2.45) is 17.8 Å². The van der Waals surface area contributed by atoms with Crippen LogP contribution in [0.3, 0.4) is 0 Å². The van der Waals surface area contributed by atoms with Crippen LogP contribution in [0.1, 0.15) is 69.4 Å². The summed E-state index contributed by atoms with van der Waals surface area (Å²) in [5, 5.41) is 0. The van der Waals surface area contributed by atoms with Crippen molar-refractivity contribution in [1.82, 2.24) is 0 Å². The number of hydrogen-bond acceptors (Lipinski definition) is 0. The fraction of sp³-hybridized carbons (Fsp3) is 0.700. The number of hydrogen-bond donors (Lipinski definition) is 0. The lowest BCUT2D eigenvalue weighted by Gasteiger charge is -2.30. The van der Waals surface area contributed by atoms with Crippen LogP contribution < -0.4 is 0 Å². The van der Waals surface area contributed by atoms with E-state index in [2.05, 4.69) is 6.92 Å². The van der Waals surface area contributed by atoms with E-state index < -0.39 is 11.6 Å². The molecule has 2 heteroatoms. The first-order valence-electron chi connectivity index (χ1n) is 9.13. The van der Waals surface area contributed by atoms with E-state index in [1.54, 1.807) is 6.07 Å². The highest BCUT2D eigenvalue weighted by Gasteiger charge is 2.25. The fourth-order valence-electron chi connectivity index (χ4n) is 4.50. The minimum absolute atomic E-state index is 0.603. The van der Waals surface area contributed by atoms with Crippen LogP contribution in [0.2, 0.25) is 0 Å². The number of halogens is 2. The normalized spacial score (nSPS) is 28.4. The molecule has 1 fully saturated rings. The van der Waals surface area contributed by atoms with Gasteiger partial charge in [0.15, 0.2) is 11.6 Å². The molecule has 2 aliphatic rings. The molecule has 2 aliphatic carbocycles. The molecule has 1 saturated carbocycles. The predicted octanol–water partition coefficient (Wildman–Crippen LogP) is 6.07. The molecular weight excluding hydrogens is 278 g/mol. The van der Waals surface area contributed by atoms with Crippen LogP contribution in [0, 0.1) is 29.4 Å². The molecule has 3 rings (SSSR count). The Morgan fingerprint density at radius 3 is 2.32 bits per heavy atom. The molecule has 0 saturated heterocycles. The number of rotatable bonds is 4. The van der Waals surface area contributed by atoms with Crippen LogP contribution in [0.15, 0.2) is 12.1 Å². The lowest BCUT2D eigenvalue weighted by molar-refractivity contribution is 0.240. The standard InChI is InChI=1S/C20H28F2/c1-2-14-3-5-15(6-4-14)7-8-16-9-11-18-17(13-16)10-12-19(21)20(18)22/h10,12,14-16H,2-9,11,13H2,1H3. The van der Waals surface area contributed by atoms with Gasteiger partial charge in [0.05, 0.1) is 0 Å². The summed E-state index contributed by atoms with van der Waals surface area (Å²) in [5.74, 6) is 1.25. The SMILES string of the molecule is CCC1CCC(CCC2CCc3c(ccc(F)c3F)C2)CC1. The van der Waals surface area contributed by atoms with E-state index in [0.717, 1.165) is 30.2 Å². The topological polar surface area (TPSA) is 0 Å². The molecule has 0 N–H and O–H groups in total. The van der Waals surface area contributed by atoms with Crippen LogP contribution in [-0.4, -0.2) is 0 Å². The highest BCUT2D eigenvalue weighted by molar-refractivity contribution is 5.32. The molecule has 22 heavy (non-hydrogen) atoms. The van der Waals surface area contributed by atoms with Gasteiger partial charge in [0, 0.05) is 0 Å². The zero-order valence-electron chi connectivity index (χ0n) is 13.7. The molecule has 0 bridgehead atoms. The third-order valence-corrected chi connectivity index (χ3v) is 6.13. The Morgan fingerprint density at radius 1 is 0.909 bits per heavy atom. The second-order valence-corrected chi connectivity index (χ2v) is 7.48. The van der Waals surface area contributed by atoms with Gasteiger partial charge in [-0.15, -0.1) is 0 Å². The zero-order chi connectivity index (χ0) is 15.5. The van der Waals surface area contributed by atoms with Gasteiger partial charge < -0.3 is 0 Å². The van der Waals surface area contributed by atoms with Crippen LogP contribution in [0.25, 0.3) is 0 Å². The summed E-state index contributed by atoms with van der Waals surface area (Å²) < 4.78 is 27.1. The largest absolute Gasteiger partial charge is 0.204 e. The Balaban J connectivity index is 1.50. The summed E-state index contributed by atoms with van der Waals surface area (Å²) in [4.78, 5) is 0. The van der Waals surface area contributed by atoms with Crippen LogP contribution in [0.4, 0.5) is 8.78 Å². The minimum Gasteiger partial charge on any atom is -0.204 e. The van der Waals surface area contributed by atoms with Crippen LogP contribution >= 0.6 is 0 Å². The Morgan fingerprint density at radius 2 is 1.59 bits per heavy atom. The van der Waals surface area contributed by atoms with E-state index in [0.29, 0.717) is 17.9 Å². The zero-order valence-corrected chi connectivity index (χ0v) is 13.7. The van der Waals surface area contributed by atoms with Gasteiger partial charge in [-0.05, 0) is 60.6 Å². The average molecular weight is 306 g/mol. The summed E-state index contributed by atoms with van der Waals surface area (Å²) >= 11 is 0. The lowest BCUT2D eigenvalue weighted by Crippen LogP contribution is -2.19. The molecular formula is C20H28F2. The molecule has 0 aromatic heterocycles. The molecule has 0 spiro atoms. The van der Waals surface area contributed by atoms with Crippen molar-refractivity contribution in [2.45, 2.75) is 71.1 Å². The third kappa shape index (κ3) is 3.52. The average Bonchev–Trinajstić information content (AvgIpc) is 2.57. The highest BCUT2D eigenvalue weighted by Crippen LogP contribution is 2.36. The van der Waals surface area contributed by atoms with Crippen molar-refractivity contribution >= 4 is 0 Å². The maximum Gasteiger partial charge on any atom is 0.162 e. The van der Waals surface area contributed by atoms with Crippen molar-refractivity contribution in [1.29, 1.82) is 0 Å². The van der Waals surface area contributed by atoms with Crippen molar-refractivity contribution in [3.8, 4) is 0 Å². The summed E-state index contributed by atoms with van der Waals surface area (Å²) in [7, 11) is 0. The van der Waals surface area contributed by atoms with E-state index in [-0.39, 0.29) is 0 Å². The monoisotopic (exact) mass is 306 g/mol. The highest BCUT2D eigenvalue weighted by atomic mass is 19.2. The molecule has 122 valence electrons. The Labute approximate surface area is 133 Å². The van der Waals surface area contributed by atoms with Gasteiger partial charge in [0.1, 0.15) is 0 Å². The van der Waals surface area contributed by atoms with Crippen molar-refractivity contribution < 1.29 is 8.78 Å². The second-order valence-electron chi connectivity index (χ2n) is 7.48.